The molecule has 0 fully saturated rings. The van der Waals surface area contributed by atoms with Gasteiger partial charge in [-0.15, -0.1) is 0 Å². The molecule has 0 unspecified atom stereocenters. The SMILES string of the molecule is O=C(O)c1ccc2c(n1)CCCC2. The summed E-state index contributed by atoms with van der Waals surface area (Å²) in [6.07, 6.45) is 4.29. The Morgan fingerprint density at radius 3 is 2.85 bits per heavy atom. The number of aromatic carboxylic acids is 1. The van der Waals surface area contributed by atoms with E-state index < -0.39 is 5.97 Å². The van der Waals surface area contributed by atoms with Crippen LogP contribution in [0.2, 0.25) is 0 Å². The number of aryl methyl sites for hydroxylation is 2. The lowest BCUT2D eigenvalue weighted by molar-refractivity contribution is 0.0690. The zero-order valence-electron chi connectivity index (χ0n) is 7.29. The van der Waals surface area contributed by atoms with Crippen molar-refractivity contribution in [1.82, 2.24) is 4.98 Å². The first-order chi connectivity index (χ1) is 6.27. The van der Waals surface area contributed by atoms with Crippen LogP contribution in [0.3, 0.4) is 0 Å². The third-order valence-electron chi connectivity index (χ3n) is 2.40. The highest BCUT2D eigenvalue weighted by Gasteiger charge is 2.13. The quantitative estimate of drug-likeness (QED) is 0.709. The van der Waals surface area contributed by atoms with Gasteiger partial charge in [0.05, 0.1) is 0 Å². The van der Waals surface area contributed by atoms with E-state index in [1.54, 1.807) is 6.07 Å². The molecule has 0 aromatic carbocycles. The molecule has 0 saturated carbocycles. The number of aromatic nitrogens is 1. The predicted octanol–water partition coefficient (Wildman–Crippen LogP) is 1.66. The van der Waals surface area contributed by atoms with Gasteiger partial charge in [0.25, 0.3) is 0 Å². The van der Waals surface area contributed by atoms with Crippen LogP contribution in [-0.2, 0) is 12.8 Å². The van der Waals surface area contributed by atoms with Crippen molar-refractivity contribution in [2.24, 2.45) is 0 Å². The van der Waals surface area contributed by atoms with Crippen LogP contribution in [0, 0.1) is 0 Å². The number of carbonyl (C=O) groups is 1. The second-order valence-electron chi connectivity index (χ2n) is 3.31. The van der Waals surface area contributed by atoms with E-state index in [1.165, 1.54) is 12.0 Å². The molecule has 3 nitrogen and oxygen atoms in total. The molecular weight excluding hydrogens is 166 g/mol. The molecule has 0 aliphatic heterocycles. The Kier molecular flexibility index (Phi) is 2.00. The maximum absolute atomic E-state index is 10.6. The number of rotatable bonds is 1. The fourth-order valence-corrected chi connectivity index (χ4v) is 1.70. The third-order valence-corrected chi connectivity index (χ3v) is 2.40. The van der Waals surface area contributed by atoms with Crippen molar-refractivity contribution in [3.05, 3.63) is 29.1 Å². The van der Waals surface area contributed by atoms with Gasteiger partial charge in [-0.2, -0.15) is 0 Å². The molecular formula is C10H11NO2. The second kappa shape index (κ2) is 3.17. The molecule has 0 amide bonds. The summed E-state index contributed by atoms with van der Waals surface area (Å²) in [5.41, 5.74) is 2.36. The van der Waals surface area contributed by atoms with Crippen molar-refractivity contribution < 1.29 is 9.90 Å². The van der Waals surface area contributed by atoms with Crippen molar-refractivity contribution in [2.45, 2.75) is 25.7 Å². The molecule has 1 aliphatic carbocycles. The molecule has 1 aromatic heterocycles. The molecule has 3 heteroatoms. The van der Waals surface area contributed by atoms with Crippen LogP contribution in [0.5, 0.6) is 0 Å². The number of fused-ring (bicyclic) bond motifs is 1. The first kappa shape index (κ1) is 8.23. The van der Waals surface area contributed by atoms with E-state index >= 15 is 0 Å². The summed E-state index contributed by atoms with van der Waals surface area (Å²) in [6.45, 7) is 0. The average molecular weight is 177 g/mol. The summed E-state index contributed by atoms with van der Waals surface area (Å²) >= 11 is 0. The molecule has 13 heavy (non-hydrogen) atoms. The van der Waals surface area contributed by atoms with Gasteiger partial charge in [-0.05, 0) is 37.3 Å². The van der Waals surface area contributed by atoms with Crippen LogP contribution in [0.25, 0.3) is 0 Å². The smallest absolute Gasteiger partial charge is 0.354 e. The van der Waals surface area contributed by atoms with Gasteiger partial charge in [0.1, 0.15) is 5.69 Å². The Hall–Kier alpha value is -1.38. The van der Waals surface area contributed by atoms with Crippen LogP contribution in [0.1, 0.15) is 34.6 Å². The predicted molar refractivity (Wildman–Crippen MR) is 47.8 cm³/mol. The fraction of sp³-hybridized carbons (Fsp3) is 0.400. The lowest BCUT2D eigenvalue weighted by Crippen LogP contribution is -2.09. The van der Waals surface area contributed by atoms with Crippen LogP contribution in [0.15, 0.2) is 12.1 Å². The van der Waals surface area contributed by atoms with Crippen molar-refractivity contribution in [2.75, 3.05) is 0 Å². The maximum atomic E-state index is 10.6. The second-order valence-corrected chi connectivity index (χ2v) is 3.31. The van der Waals surface area contributed by atoms with E-state index in [9.17, 15) is 4.79 Å². The standard InChI is InChI=1S/C10H11NO2/c12-10(13)9-6-5-7-3-1-2-4-8(7)11-9/h5-6H,1-4H2,(H,12,13). The third kappa shape index (κ3) is 1.54. The number of carboxylic acids is 1. The van der Waals surface area contributed by atoms with Gasteiger partial charge in [0.15, 0.2) is 0 Å². The van der Waals surface area contributed by atoms with E-state index in [-0.39, 0.29) is 5.69 Å². The number of carboxylic acid groups (broad SMARTS) is 1. The lowest BCUT2D eigenvalue weighted by Gasteiger charge is -2.14. The molecule has 0 radical (unpaired) electrons. The van der Waals surface area contributed by atoms with Crippen LogP contribution in [-0.4, -0.2) is 16.1 Å². The van der Waals surface area contributed by atoms with Crippen molar-refractivity contribution in [3.8, 4) is 0 Å². The van der Waals surface area contributed by atoms with E-state index in [4.69, 9.17) is 5.11 Å². The van der Waals surface area contributed by atoms with Crippen LogP contribution < -0.4 is 0 Å². The highest BCUT2D eigenvalue weighted by atomic mass is 16.4. The normalized spacial score (nSPS) is 15.1. The Bertz CT molecular complexity index is 347. The van der Waals surface area contributed by atoms with E-state index in [0.717, 1.165) is 25.0 Å². The van der Waals surface area contributed by atoms with Gasteiger partial charge < -0.3 is 5.11 Å². The maximum Gasteiger partial charge on any atom is 0.354 e. The van der Waals surface area contributed by atoms with Crippen LogP contribution in [0.4, 0.5) is 0 Å². The number of pyridine rings is 1. The summed E-state index contributed by atoms with van der Waals surface area (Å²) in [4.78, 5) is 14.7. The first-order valence-electron chi connectivity index (χ1n) is 4.49. The Morgan fingerprint density at radius 1 is 1.31 bits per heavy atom. The van der Waals surface area contributed by atoms with E-state index in [0.29, 0.717) is 0 Å². The van der Waals surface area contributed by atoms with Crippen molar-refractivity contribution in [3.63, 3.8) is 0 Å². The van der Waals surface area contributed by atoms with Crippen molar-refractivity contribution >= 4 is 5.97 Å². The zero-order chi connectivity index (χ0) is 9.26. The number of hydrogen-bond donors (Lipinski definition) is 1. The topological polar surface area (TPSA) is 50.2 Å². The molecule has 1 N–H and O–H groups in total. The number of nitrogens with zero attached hydrogens (tertiary/aromatic N) is 1. The molecule has 1 aliphatic rings. The van der Waals surface area contributed by atoms with Crippen molar-refractivity contribution in [1.29, 1.82) is 0 Å². The molecule has 1 aromatic rings. The minimum absolute atomic E-state index is 0.167. The monoisotopic (exact) mass is 177 g/mol. The summed E-state index contributed by atoms with van der Waals surface area (Å²) in [7, 11) is 0. The molecule has 0 atom stereocenters. The fourth-order valence-electron chi connectivity index (χ4n) is 1.70. The first-order valence-corrected chi connectivity index (χ1v) is 4.49. The van der Waals surface area contributed by atoms with E-state index in [2.05, 4.69) is 4.98 Å². The molecule has 1 heterocycles. The number of hydrogen-bond acceptors (Lipinski definition) is 2. The van der Waals surface area contributed by atoms with Gasteiger partial charge in [-0.3, -0.25) is 0 Å². The van der Waals surface area contributed by atoms with Gasteiger partial charge in [-0.1, -0.05) is 6.07 Å². The zero-order valence-corrected chi connectivity index (χ0v) is 7.29. The van der Waals surface area contributed by atoms with Gasteiger partial charge in [0, 0.05) is 5.69 Å². The molecule has 0 saturated heterocycles. The minimum atomic E-state index is -0.937. The van der Waals surface area contributed by atoms with Gasteiger partial charge >= 0.3 is 5.97 Å². The summed E-state index contributed by atoms with van der Waals surface area (Å²) in [6, 6.07) is 3.48. The Labute approximate surface area is 76.4 Å². The Balaban J connectivity index is 2.40. The van der Waals surface area contributed by atoms with Gasteiger partial charge in [-0.25, -0.2) is 9.78 Å². The van der Waals surface area contributed by atoms with Gasteiger partial charge in [0.2, 0.25) is 0 Å². The Morgan fingerprint density at radius 2 is 2.08 bits per heavy atom. The summed E-state index contributed by atoms with van der Waals surface area (Å²) in [5.74, 6) is -0.937. The molecule has 0 bridgehead atoms. The molecule has 2 rings (SSSR count). The highest BCUT2D eigenvalue weighted by Crippen LogP contribution is 2.19. The van der Waals surface area contributed by atoms with E-state index in [1.807, 2.05) is 6.07 Å². The lowest BCUT2D eigenvalue weighted by atomic mass is 9.96. The minimum Gasteiger partial charge on any atom is -0.477 e. The average Bonchev–Trinajstić information content (AvgIpc) is 2.17. The summed E-state index contributed by atoms with van der Waals surface area (Å²) < 4.78 is 0. The molecule has 0 spiro atoms. The highest BCUT2D eigenvalue weighted by molar-refractivity contribution is 5.85. The van der Waals surface area contributed by atoms with Crippen LogP contribution >= 0.6 is 0 Å². The largest absolute Gasteiger partial charge is 0.477 e. The molecule has 68 valence electrons. The summed E-state index contributed by atoms with van der Waals surface area (Å²) in [5, 5.41) is 8.72.